The molecule has 0 saturated heterocycles. The lowest BCUT2D eigenvalue weighted by atomic mass is 9.69. The smallest absolute Gasteiger partial charge is 0.145 e. The summed E-state index contributed by atoms with van der Waals surface area (Å²) in [6.07, 6.45) is 5.44. The summed E-state index contributed by atoms with van der Waals surface area (Å²) in [4.78, 5) is 4.40. The first-order chi connectivity index (χ1) is 8.83. The molecule has 1 aliphatic rings. The number of aromatic nitrogens is 1. The average Bonchev–Trinajstić information content (AvgIpc) is 2.38. The molecule has 2 aromatic rings. The van der Waals surface area contributed by atoms with E-state index >= 15 is 0 Å². The number of fused-ring (bicyclic) bond motifs is 1. The third-order valence-corrected chi connectivity index (χ3v) is 3.98. The van der Waals surface area contributed by atoms with Crippen molar-refractivity contribution in [1.82, 2.24) is 4.98 Å². The molecule has 0 atom stereocenters. The van der Waals surface area contributed by atoms with E-state index in [4.69, 9.17) is 10.5 Å². The molecule has 3 nitrogen and oxygen atoms in total. The molecule has 0 spiro atoms. The topological polar surface area (TPSA) is 48.1 Å². The van der Waals surface area contributed by atoms with E-state index in [1.807, 2.05) is 18.2 Å². The van der Waals surface area contributed by atoms with Gasteiger partial charge in [-0.1, -0.05) is 24.6 Å². The van der Waals surface area contributed by atoms with Gasteiger partial charge in [0.1, 0.15) is 11.3 Å². The van der Waals surface area contributed by atoms with E-state index in [-0.39, 0.29) is 5.41 Å². The van der Waals surface area contributed by atoms with Gasteiger partial charge in [0.05, 0.1) is 6.61 Å². The molecule has 94 valence electrons. The fourth-order valence-corrected chi connectivity index (χ4v) is 2.51. The Labute approximate surface area is 107 Å². The number of hydrogen-bond donors (Lipinski definition) is 1. The number of nitrogens with two attached hydrogens (primary N) is 1. The monoisotopic (exact) mass is 242 g/mol. The molecular formula is C15H18N2O. The summed E-state index contributed by atoms with van der Waals surface area (Å²) < 4.78 is 5.97. The molecule has 1 aliphatic carbocycles. The molecule has 3 heteroatoms. The lowest BCUT2D eigenvalue weighted by molar-refractivity contribution is 0.0675. The number of ether oxygens (including phenoxy) is 1. The largest absolute Gasteiger partial charge is 0.491 e. The van der Waals surface area contributed by atoms with E-state index in [1.54, 1.807) is 6.20 Å². The number of rotatable bonds is 4. The first-order valence-electron chi connectivity index (χ1n) is 6.50. The third-order valence-electron chi connectivity index (χ3n) is 3.98. The van der Waals surface area contributed by atoms with Crippen LogP contribution in [0.3, 0.4) is 0 Å². The van der Waals surface area contributed by atoms with Crippen LogP contribution in [0.4, 0.5) is 0 Å². The summed E-state index contributed by atoms with van der Waals surface area (Å²) in [7, 11) is 0. The van der Waals surface area contributed by atoms with Crippen LogP contribution in [0, 0.1) is 5.41 Å². The predicted molar refractivity (Wildman–Crippen MR) is 72.6 cm³/mol. The highest BCUT2D eigenvalue weighted by atomic mass is 16.5. The van der Waals surface area contributed by atoms with Crippen molar-refractivity contribution in [2.45, 2.75) is 19.3 Å². The summed E-state index contributed by atoms with van der Waals surface area (Å²) in [5.41, 5.74) is 6.99. The van der Waals surface area contributed by atoms with Gasteiger partial charge in [0, 0.05) is 23.5 Å². The molecule has 0 radical (unpaired) electrons. The highest BCUT2D eigenvalue weighted by Crippen LogP contribution is 2.40. The van der Waals surface area contributed by atoms with Gasteiger partial charge in [-0.15, -0.1) is 0 Å². The third kappa shape index (κ3) is 1.95. The number of nitrogens with zero attached hydrogens (tertiary/aromatic N) is 1. The van der Waals surface area contributed by atoms with Crippen LogP contribution in [0.5, 0.6) is 5.75 Å². The highest BCUT2D eigenvalue weighted by Gasteiger charge is 2.36. The molecule has 0 bridgehead atoms. The number of pyridine rings is 1. The van der Waals surface area contributed by atoms with Crippen LogP contribution in [0.2, 0.25) is 0 Å². The fourth-order valence-electron chi connectivity index (χ4n) is 2.51. The van der Waals surface area contributed by atoms with Crippen molar-refractivity contribution in [2.75, 3.05) is 13.2 Å². The van der Waals surface area contributed by atoms with Crippen LogP contribution in [0.25, 0.3) is 10.9 Å². The van der Waals surface area contributed by atoms with E-state index in [0.717, 1.165) is 16.7 Å². The van der Waals surface area contributed by atoms with Crippen molar-refractivity contribution >= 4 is 10.9 Å². The summed E-state index contributed by atoms with van der Waals surface area (Å²) in [5.74, 6) is 0.868. The fraction of sp³-hybridized carbons (Fsp3) is 0.400. The number of hydrogen-bond acceptors (Lipinski definition) is 3. The van der Waals surface area contributed by atoms with Crippen LogP contribution in [-0.2, 0) is 0 Å². The van der Waals surface area contributed by atoms with E-state index < -0.39 is 0 Å². The van der Waals surface area contributed by atoms with Gasteiger partial charge in [0.2, 0.25) is 0 Å². The molecule has 2 N–H and O–H groups in total. The van der Waals surface area contributed by atoms with Crippen molar-refractivity contribution in [1.29, 1.82) is 0 Å². The van der Waals surface area contributed by atoms with Gasteiger partial charge < -0.3 is 10.5 Å². The minimum Gasteiger partial charge on any atom is -0.491 e. The zero-order valence-electron chi connectivity index (χ0n) is 10.4. The average molecular weight is 242 g/mol. The quantitative estimate of drug-likeness (QED) is 0.896. The molecule has 1 saturated carbocycles. The van der Waals surface area contributed by atoms with Crippen LogP contribution in [-0.4, -0.2) is 18.1 Å². The van der Waals surface area contributed by atoms with E-state index in [9.17, 15) is 0 Å². The molecular weight excluding hydrogens is 224 g/mol. The Morgan fingerprint density at radius 2 is 2.06 bits per heavy atom. The van der Waals surface area contributed by atoms with Crippen LogP contribution in [0.15, 0.2) is 36.5 Å². The standard InChI is InChI=1S/C15H18N2O/c16-10-15(7-3-8-15)11-18-13-6-1-4-12-5-2-9-17-14(12)13/h1-2,4-6,9H,3,7-8,10-11,16H2. The van der Waals surface area contributed by atoms with Crippen LogP contribution in [0.1, 0.15) is 19.3 Å². The first-order valence-corrected chi connectivity index (χ1v) is 6.50. The SMILES string of the molecule is NCC1(COc2cccc3cccnc23)CCC1. The Hall–Kier alpha value is -1.61. The Kier molecular flexibility index (Phi) is 2.92. The maximum atomic E-state index is 5.97. The molecule has 0 amide bonds. The van der Waals surface area contributed by atoms with E-state index in [1.165, 1.54) is 19.3 Å². The molecule has 3 rings (SSSR count). The second-order valence-electron chi connectivity index (χ2n) is 5.18. The lowest BCUT2D eigenvalue weighted by Crippen LogP contribution is -2.42. The van der Waals surface area contributed by atoms with Crippen molar-refractivity contribution in [2.24, 2.45) is 11.1 Å². The maximum Gasteiger partial charge on any atom is 0.145 e. The zero-order chi connectivity index (χ0) is 12.4. The minimum absolute atomic E-state index is 0.205. The van der Waals surface area contributed by atoms with Crippen LogP contribution >= 0.6 is 0 Å². The Balaban J connectivity index is 1.82. The van der Waals surface area contributed by atoms with Gasteiger partial charge in [-0.05, 0) is 25.0 Å². The van der Waals surface area contributed by atoms with Crippen molar-refractivity contribution < 1.29 is 4.74 Å². The molecule has 0 aliphatic heterocycles. The number of para-hydroxylation sites is 1. The summed E-state index contributed by atoms with van der Waals surface area (Å²) in [5, 5.41) is 1.12. The first kappa shape index (κ1) is 11.5. The van der Waals surface area contributed by atoms with Gasteiger partial charge in [0.15, 0.2) is 0 Å². The molecule has 1 heterocycles. The van der Waals surface area contributed by atoms with Gasteiger partial charge >= 0.3 is 0 Å². The molecule has 0 unspecified atom stereocenters. The molecule has 18 heavy (non-hydrogen) atoms. The van der Waals surface area contributed by atoms with Gasteiger partial charge in [-0.2, -0.15) is 0 Å². The van der Waals surface area contributed by atoms with Gasteiger partial charge in [0.25, 0.3) is 0 Å². The normalized spacial score (nSPS) is 17.4. The van der Waals surface area contributed by atoms with Crippen LogP contribution < -0.4 is 10.5 Å². The highest BCUT2D eigenvalue weighted by molar-refractivity contribution is 5.84. The zero-order valence-corrected chi connectivity index (χ0v) is 10.4. The van der Waals surface area contributed by atoms with Gasteiger partial charge in [-0.3, -0.25) is 4.98 Å². The summed E-state index contributed by atoms with van der Waals surface area (Å²) >= 11 is 0. The Bertz CT molecular complexity index is 538. The summed E-state index contributed by atoms with van der Waals surface area (Å²) in [6.45, 7) is 1.42. The minimum atomic E-state index is 0.205. The second kappa shape index (κ2) is 4.58. The Morgan fingerprint density at radius 3 is 2.78 bits per heavy atom. The summed E-state index contributed by atoms with van der Waals surface area (Å²) in [6, 6.07) is 10.0. The Morgan fingerprint density at radius 1 is 1.22 bits per heavy atom. The van der Waals surface area contributed by atoms with Gasteiger partial charge in [-0.25, -0.2) is 0 Å². The molecule has 1 fully saturated rings. The van der Waals surface area contributed by atoms with E-state index in [2.05, 4.69) is 17.1 Å². The predicted octanol–water partition coefficient (Wildman–Crippen LogP) is 2.74. The van der Waals surface area contributed by atoms with Crippen molar-refractivity contribution in [3.8, 4) is 5.75 Å². The second-order valence-corrected chi connectivity index (χ2v) is 5.18. The van der Waals surface area contributed by atoms with Crippen molar-refractivity contribution in [3.05, 3.63) is 36.5 Å². The number of benzene rings is 1. The molecule has 1 aromatic carbocycles. The van der Waals surface area contributed by atoms with Crippen molar-refractivity contribution in [3.63, 3.8) is 0 Å². The maximum absolute atomic E-state index is 5.97. The lowest BCUT2D eigenvalue weighted by Gasteiger charge is -2.40. The molecule has 1 aromatic heterocycles. The van der Waals surface area contributed by atoms with E-state index in [0.29, 0.717) is 13.2 Å².